The zero-order chi connectivity index (χ0) is 12.9. The topological polar surface area (TPSA) is 78.1 Å². The van der Waals surface area contributed by atoms with E-state index in [0.717, 1.165) is 38.6 Å². The van der Waals surface area contributed by atoms with E-state index in [9.17, 15) is 0 Å². The normalized spacial score (nSPS) is 49.1. The van der Waals surface area contributed by atoms with Gasteiger partial charge in [-0.2, -0.15) is 0 Å². The summed E-state index contributed by atoms with van der Waals surface area (Å²) in [6.07, 6.45) is 5.65. The van der Waals surface area contributed by atoms with Gasteiger partial charge in [0.15, 0.2) is 0 Å². The SMILES string of the molecule is CCC(C)(CN)C1CC(N)(C2CC(C)(N)C2)C1. The maximum atomic E-state index is 6.53. The first-order valence-electron chi connectivity index (χ1n) is 7.02. The molecule has 0 radical (unpaired) electrons. The molecule has 2 fully saturated rings. The van der Waals surface area contributed by atoms with Gasteiger partial charge in [-0.3, -0.25) is 0 Å². The van der Waals surface area contributed by atoms with Gasteiger partial charge in [0.05, 0.1) is 0 Å². The van der Waals surface area contributed by atoms with Gasteiger partial charge < -0.3 is 17.2 Å². The Balaban J connectivity index is 1.89. The Morgan fingerprint density at radius 1 is 1.18 bits per heavy atom. The molecule has 0 aromatic heterocycles. The fourth-order valence-corrected chi connectivity index (χ4v) is 3.76. The third-order valence-corrected chi connectivity index (χ3v) is 5.75. The van der Waals surface area contributed by atoms with Crippen LogP contribution in [0.4, 0.5) is 0 Å². The number of rotatable bonds is 4. The Morgan fingerprint density at radius 3 is 2.06 bits per heavy atom. The Morgan fingerprint density at radius 2 is 1.71 bits per heavy atom. The van der Waals surface area contributed by atoms with Crippen LogP contribution in [-0.4, -0.2) is 17.6 Å². The predicted molar refractivity (Wildman–Crippen MR) is 72.4 cm³/mol. The van der Waals surface area contributed by atoms with E-state index in [-0.39, 0.29) is 11.1 Å². The lowest BCUT2D eigenvalue weighted by molar-refractivity contribution is -0.0466. The zero-order valence-corrected chi connectivity index (χ0v) is 11.6. The molecule has 1 atom stereocenters. The van der Waals surface area contributed by atoms with Crippen LogP contribution >= 0.6 is 0 Å². The third kappa shape index (κ3) is 2.13. The van der Waals surface area contributed by atoms with Crippen LogP contribution < -0.4 is 17.2 Å². The van der Waals surface area contributed by atoms with Gasteiger partial charge in [-0.15, -0.1) is 0 Å². The van der Waals surface area contributed by atoms with Gasteiger partial charge in [-0.25, -0.2) is 0 Å². The number of hydrogen-bond acceptors (Lipinski definition) is 3. The molecular formula is C14H29N3. The van der Waals surface area contributed by atoms with Crippen LogP contribution in [0.25, 0.3) is 0 Å². The second-order valence-electron chi connectivity index (χ2n) is 7.31. The molecule has 0 aliphatic heterocycles. The predicted octanol–water partition coefficient (Wildman–Crippen LogP) is 1.60. The van der Waals surface area contributed by atoms with Gasteiger partial charge in [0.25, 0.3) is 0 Å². The lowest BCUT2D eigenvalue weighted by atomic mass is 9.48. The van der Waals surface area contributed by atoms with Gasteiger partial charge in [-0.05, 0) is 62.8 Å². The highest BCUT2D eigenvalue weighted by Crippen LogP contribution is 2.56. The largest absolute Gasteiger partial charge is 0.330 e. The highest BCUT2D eigenvalue weighted by atomic mass is 14.9. The van der Waals surface area contributed by atoms with E-state index in [1.54, 1.807) is 0 Å². The highest BCUT2D eigenvalue weighted by Gasteiger charge is 2.56. The van der Waals surface area contributed by atoms with Crippen molar-refractivity contribution < 1.29 is 0 Å². The van der Waals surface area contributed by atoms with Crippen LogP contribution in [0.1, 0.15) is 52.9 Å². The highest BCUT2D eigenvalue weighted by molar-refractivity contribution is 5.13. The Hall–Kier alpha value is -0.120. The van der Waals surface area contributed by atoms with Crippen LogP contribution in [0.15, 0.2) is 0 Å². The van der Waals surface area contributed by atoms with E-state index >= 15 is 0 Å². The molecule has 2 saturated carbocycles. The smallest absolute Gasteiger partial charge is 0.0190 e. The van der Waals surface area contributed by atoms with Crippen molar-refractivity contribution in [2.45, 2.75) is 64.0 Å². The summed E-state index contributed by atoms with van der Waals surface area (Å²) in [5.74, 6) is 1.36. The first-order chi connectivity index (χ1) is 7.75. The zero-order valence-electron chi connectivity index (χ0n) is 11.6. The Kier molecular flexibility index (Phi) is 3.08. The second-order valence-corrected chi connectivity index (χ2v) is 7.31. The summed E-state index contributed by atoms with van der Waals surface area (Å²) in [6, 6.07) is 0. The quantitative estimate of drug-likeness (QED) is 0.697. The van der Waals surface area contributed by atoms with Gasteiger partial charge in [-0.1, -0.05) is 13.8 Å². The van der Waals surface area contributed by atoms with Crippen LogP contribution in [0.5, 0.6) is 0 Å². The monoisotopic (exact) mass is 239 g/mol. The fourth-order valence-electron chi connectivity index (χ4n) is 3.76. The first kappa shape index (κ1) is 13.3. The average Bonchev–Trinajstić information content (AvgIpc) is 2.20. The lowest BCUT2D eigenvalue weighted by Crippen LogP contribution is -2.67. The summed E-state index contributed by atoms with van der Waals surface area (Å²) in [5, 5.41) is 0. The summed E-state index contributed by atoms with van der Waals surface area (Å²) >= 11 is 0. The maximum Gasteiger partial charge on any atom is 0.0190 e. The molecule has 0 amide bonds. The van der Waals surface area contributed by atoms with Crippen molar-refractivity contribution in [2.75, 3.05) is 6.54 Å². The van der Waals surface area contributed by atoms with Crippen molar-refractivity contribution in [3.8, 4) is 0 Å². The molecule has 17 heavy (non-hydrogen) atoms. The lowest BCUT2D eigenvalue weighted by Gasteiger charge is -2.61. The molecule has 0 spiro atoms. The minimum absolute atomic E-state index is 0.0457. The third-order valence-electron chi connectivity index (χ3n) is 5.75. The second kappa shape index (κ2) is 3.94. The van der Waals surface area contributed by atoms with Crippen molar-refractivity contribution in [3.05, 3.63) is 0 Å². The van der Waals surface area contributed by atoms with Crippen molar-refractivity contribution in [1.82, 2.24) is 0 Å². The van der Waals surface area contributed by atoms with Crippen LogP contribution in [0, 0.1) is 17.3 Å². The molecule has 3 nitrogen and oxygen atoms in total. The van der Waals surface area contributed by atoms with Gasteiger partial charge in [0.1, 0.15) is 0 Å². The molecule has 2 aliphatic carbocycles. The van der Waals surface area contributed by atoms with Crippen molar-refractivity contribution in [2.24, 2.45) is 34.5 Å². The minimum atomic E-state index is 0.0457. The van der Waals surface area contributed by atoms with E-state index in [2.05, 4.69) is 20.8 Å². The first-order valence-corrected chi connectivity index (χ1v) is 7.02. The molecule has 2 aliphatic rings. The summed E-state index contributed by atoms with van der Waals surface area (Å²) in [5.41, 5.74) is 18.9. The average molecular weight is 239 g/mol. The minimum Gasteiger partial charge on any atom is -0.330 e. The molecule has 0 saturated heterocycles. The van der Waals surface area contributed by atoms with E-state index in [1.165, 1.54) is 0 Å². The molecule has 100 valence electrons. The summed E-state index contributed by atoms with van der Waals surface area (Å²) in [4.78, 5) is 0. The molecular weight excluding hydrogens is 210 g/mol. The fraction of sp³-hybridized carbons (Fsp3) is 1.00. The van der Waals surface area contributed by atoms with E-state index in [1.807, 2.05) is 0 Å². The molecule has 0 aromatic rings. The molecule has 0 aromatic carbocycles. The summed E-state index contributed by atoms with van der Waals surface area (Å²) < 4.78 is 0. The molecule has 1 unspecified atom stereocenters. The summed E-state index contributed by atoms with van der Waals surface area (Å²) in [6.45, 7) is 7.47. The molecule has 2 rings (SSSR count). The number of nitrogens with two attached hydrogens (primary N) is 3. The molecule has 3 heteroatoms. The van der Waals surface area contributed by atoms with E-state index in [0.29, 0.717) is 17.3 Å². The molecule has 0 bridgehead atoms. The van der Waals surface area contributed by atoms with Crippen molar-refractivity contribution >= 4 is 0 Å². The standard InChI is InChI=1S/C14H29N3/c1-4-12(2,9-15)10-7-14(17,8-10)11-5-13(3,16)6-11/h10-11H,4-9,15-17H2,1-3H3. The van der Waals surface area contributed by atoms with Gasteiger partial charge in [0.2, 0.25) is 0 Å². The number of hydrogen-bond donors (Lipinski definition) is 3. The molecule has 6 N–H and O–H groups in total. The summed E-state index contributed by atoms with van der Waals surface area (Å²) in [7, 11) is 0. The van der Waals surface area contributed by atoms with Crippen molar-refractivity contribution in [1.29, 1.82) is 0 Å². The molecule has 0 heterocycles. The van der Waals surface area contributed by atoms with Crippen molar-refractivity contribution in [3.63, 3.8) is 0 Å². The maximum absolute atomic E-state index is 6.53. The van der Waals surface area contributed by atoms with E-state index < -0.39 is 0 Å². The Bertz CT molecular complexity index is 280. The van der Waals surface area contributed by atoms with Gasteiger partial charge >= 0.3 is 0 Å². The van der Waals surface area contributed by atoms with Gasteiger partial charge in [0, 0.05) is 11.1 Å². The van der Waals surface area contributed by atoms with Crippen LogP contribution in [0.2, 0.25) is 0 Å². The Labute approximate surface area is 105 Å². The van der Waals surface area contributed by atoms with Crippen LogP contribution in [-0.2, 0) is 0 Å². The van der Waals surface area contributed by atoms with E-state index in [4.69, 9.17) is 17.2 Å². The van der Waals surface area contributed by atoms with Crippen LogP contribution in [0.3, 0.4) is 0 Å².